The molecule has 118 valence electrons. The molecule has 1 aromatic carbocycles. The summed E-state index contributed by atoms with van der Waals surface area (Å²) >= 11 is 5.73. The van der Waals surface area contributed by atoms with E-state index >= 15 is 0 Å². The average Bonchev–Trinajstić information content (AvgIpc) is 2.29. The van der Waals surface area contributed by atoms with Crippen LogP contribution < -0.4 is 4.72 Å². The van der Waals surface area contributed by atoms with Gasteiger partial charge in [-0.15, -0.1) is 0 Å². The predicted molar refractivity (Wildman–Crippen MR) is 78.0 cm³/mol. The lowest BCUT2D eigenvalue weighted by molar-refractivity contribution is 0.0695. The Morgan fingerprint density at radius 2 is 1.86 bits per heavy atom. The van der Waals surface area contributed by atoms with Crippen LogP contribution in [0.3, 0.4) is 0 Å². The maximum atomic E-state index is 12.1. The molecule has 1 rings (SSSR count). The summed E-state index contributed by atoms with van der Waals surface area (Å²) in [5.74, 6) is -1.67. The molecule has 7 nitrogen and oxygen atoms in total. The molecule has 0 radical (unpaired) electrons. The molecule has 0 amide bonds. The van der Waals surface area contributed by atoms with Crippen LogP contribution in [0.4, 0.5) is 0 Å². The van der Waals surface area contributed by atoms with Gasteiger partial charge in [0.2, 0.25) is 10.0 Å². The Labute approximate surface area is 127 Å². The summed E-state index contributed by atoms with van der Waals surface area (Å²) in [6, 6.07) is 2.26. The zero-order chi connectivity index (χ0) is 16.4. The summed E-state index contributed by atoms with van der Waals surface area (Å²) in [5, 5.41) is 8.97. The molecule has 0 heterocycles. The molecule has 0 spiro atoms. The molecule has 21 heavy (non-hydrogen) atoms. The van der Waals surface area contributed by atoms with Crippen LogP contribution >= 0.6 is 11.6 Å². The van der Waals surface area contributed by atoms with Gasteiger partial charge in [-0.1, -0.05) is 11.6 Å². The van der Waals surface area contributed by atoms with Crippen molar-refractivity contribution in [2.45, 2.75) is 11.8 Å². The number of sulfonamides is 1. The van der Waals surface area contributed by atoms with Crippen molar-refractivity contribution in [2.75, 3.05) is 18.6 Å². The van der Waals surface area contributed by atoms with Gasteiger partial charge in [0, 0.05) is 17.8 Å². The van der Waals surface area contributed by atoms with E-state index < -0.39 is 25.8 Å². The van der Waals surface area contributed by atoms with Crippen LogP contribution in [0.1, 0.15) is 15.9 Å². The summed E-state index contributed by atoms with van der Waals surface area (Å²) in [6.07, 6.45) is 0.981. The van der Waals surface area contributed by atoms with E-state index in [4.69, 9.17) is 16.7 Å². The summed E-state index contributed by atoms with van der Waals surface area (Å²) in [7, 11) is -7.37. The van der Waals surface area contributed by atoms with E-state index in [0.29, 0.717) is 0 Å². The highest BCUT2D eigenvalue weighted by atomic mass is 35.5. The zero-order valence-electron chi connectivity index (χ0n) is 11.3. The average molecular weight is 356 g/mol. The summed E-state index contributed by atoms with van der Waals surface area (Å²) < 4.78 is 48.3. The second kappa shape index (κ2) is 6.30. The summed E-state index contributed by atoms with van der Waals surface area (Å²) in [4.78, 5) is 10.8. The maximum Gasteiger partial charge on any atom is 0.336 e. The minimum atomic E-state index is -4.05. The van der Waals surface area contributed by atoms with Gasteiger partial charge >= 0.3 is 5.97 Å². The number of benzene rings is 1. The van der Waals surface area contributed by atoms with Crippen molar-refractivity contribution in [1.82, 2.24) is 4.72 Å². The lowest BCUT2D eigenvalue weighted by Gasteiger charge is -2.11. The number of hydrogen-bond acceptors (Lipinski definition) is 5. The normalized spacial score (nSPS) is 12.3. The number of carboxylic acid groups (broad SMARTS) is 1. The molecular formula is C11H14ClNO6S2. The van der Waals surface area contributed by atoms with Crippen LogP contribution in [-0.4, -0.2) is 46.5 Å². The van der Waals surface area contributed by atoms with Gasteiger partial charge in [-0.25, -0.2) is 26.4 Å². The lowest BCUT2D eigenvalue weighted by atomic mass is 10.1. The number of halogens is 1. The highest BCUT2D eigenvalue weighted by Gasteiger charge is 2.22. The van der Waals surface area contributed by atoms with E-state index in [0.717, 1.165) is 18.4 Å². The number of sulfone groups is 1. The SMILES string of the molecule is Cc1c(C(=O)O)cc(Cl)cc1S(=O)(=O)NCCS(C)(=O)=O. The van der Waals surface area contributed by atoms with Gasteiger partial charge in [-0.2, -0.15) is 0 Å². The third-order valence-electron chi connectivity index (χ3n) is 2.61. The number of rotatable bonds is 6. The predicted octanol–water partition coefficient (Wildman–Crippen LogP) is 0.670. The van der Waals surface area contributed by atoms with E-state index in [1.165, 1.54) is 6.92 Å². The first-order valence-electron chi connectivity index (χ1n) is 5.65. The van der Waals surface area contributed by atoms with Gasteiger partial charge in [0.15, 0.2) is 0 Å². The van der Waals surface area contributed by atoms with Gasteiger partial charge < -0.3 is 5.11 Å². The molecule has 1 aromatic rings. The van der Waals surface area contributed by atoms with Crippen LogP contribution in [0.25, 0.3) is 0 Å². The molecule has 0 saturated heterocycles. The van der Waals surface area contributed by atoms with E-state index in [9.17, 15) is 21.6 Å². The number of hydrogen-bond donors (Lipinski definition) is 2. The maximum absolute atomic E-state index is 12.1. The summed E-state index contributed by atoms with van der Waals surface area (Å²) in [6.45, 7) is 1.03. The molecule has 10 heteroatoms. The van der Waals surface area contributed by atoms with E-state index in [1.54, 1.807) is 0 Å². The van der Waals surface area contributed by atoms with Crippen molar-refractivity contribution in [3.8, 4) is 0 Å². The molecule has 2 N–H and O–H groups in total. The second-order valence-corrected chi connectivity index (χ2v) is 8.84. The van der Waals surface area contributed by atoms with Crippen LogP contribution in [0, 0.1) is 6.92 Å². The molecule has 0 fully saturated rings. The van der Waals surface area contributed by atoms with E-state index in [1.807, 2.05) is 0 Å². The van der Waals surface area contributed by atoms with Gasteiger partial charge in [0.05, 0.1) is 16.2 Å². The van der Waals surface area contributed by atoms with Gasteiger partial charge in [0.1, 0.15) is 9.84 Å². The van der Waals surface area contributed by atoms with Crippen molar-refractivity contribution >= 4 is 37.4 Å². The number of nitrogens with one attached hydrogen (secondary N) is 1. The second-order valence-electron chi connectivity index (χ2n) is 4.41. The van der Waals surface area contributed by atoms with Crippen molar-refractivity contribution in [3.05, 3.63) is 28.3 Å². The fraction of sp³-hybridized carbons (Fsp3) is 0.364. The smallest absolute Gasteiger partial charge is 0.336 e. The van der Waals surface area contributed by atoms with Crippen LogP contribution in [0.5, 0.6) is 0 Å². The van der Waals surface area contributed by atoms with E-state index in [2.05, 4.69) is 4.72 Å². The van der Waals surface area contributed by atoms with Gasteiger partial charge in [-0.3, -0.25) is 0 Å². The zero-order valence-corrected chi connectivity index (χ0v) is 13.6. The van der Waals surface area contributed by atoms with Crippen molar-refractivity contribution in [1.29, 1.82) is 0 Å². The van der Waals surface area contributed by atoms with Gasteiger partial charge in [-0.05, 0) is 24.6 Å². The first kappa shape index (κ1) is 17.9. The molecule has 0 aliphatic rings. The van der Waals surface area contributed by atoms with E-state index in [-0.39, 0.29) is 33.3 Å². The Balaban J connectivity index is 3.17. The fourth-order valence-electron chi connectivity index (χ4n) is 1.59. The number of carboxylic acids is 1. The molecule has 0 bridgehead atoms. The summed E-state index contributed by atoms with van der Waals surface area (Å²) in [5.41, 5.74) is -0.204. The highest BCUT2D eigenvalue weighted by Crippen LogP contribution is 2.24. The van der Waals surface area contributed by atoms with Crippen LogP contribution in [0.2, 0.25) is 5.02 Å². The Kier molecular flexibility index (Phi) is 5.37. The molecule has 0 saturated carbocycles. The van der Waals surface area contributed by atoms with Crippen molar-refractivity contribution in [3.63, 3.8) is 0 Å². The quantitative estimate of drug-likeness (QED) is 0.774. The Bertz CT molecular complexity index is 770. The first-order chi connectivity index (χ1) is 9.44. The van der Waals surface area contributed by atoms with Gasteiger partial charge in [0.25, 0.3) is 0 Å². The third-order valence-corrected chi connectivity index (χ3v) is 5.36. The molecule has 0 aliphatic carbocycles. The van der Waals surface area contributed by atoms with Crippen molar-refractivity contribution < 1.29 is 26.7 Å². The standard InChI is InChI=1S/C11H14ClNO6S2/c1-7-9(11(14)15)5-8(12)6-10(7)21(18,19)13-3-4-20(2,16)17/h5-6,13H,3-4H2,1-2H3,(H,14,15). The fourth-order valence-corrected chi connectivity index (χ4v) is 3.80. The lowest BCUT2D eigenvalue weighted by Crippen LogP contribution is -2.29. The monoisotopic (exact) mass is 355 g/mol. The number of carbonyl (C=O) groups is 1. The molecule has 0 aliphatic heterocycles. The molecular weight excluding hydrogens is 342 g/mol. The Morgan fingerprint density at radius 3 is 2.33 bits per heavy atom. The molecule has 0 aromatic heterocycles. The molecule has 0 atom stereocenters. The third kappa shape index (κ3) is 4.95. The number of aromatic carboxylic acids is 1. The minimum absolute atomic E-state index is 0.0266. The highest BCUT2D eigenvalue weighted by molar-refractivity contribution is 7.91. The topological polar surface area (TPSA) is 118 Å². The Hall–Kier alpha value is -1.16. The Morgan fingerprint density at radius 1 is 1.29 bits per heavy atom. The molecule has 0 unspecified atom stereocenters. The first-order valence-corrected chi connectivity index (χ1v) is 9.57. The van der Waals surface area contributed by atoms with Crippen LogP contribution in [0.15, 0.2) is 17.0 Å². The minimum Gasteiger partial charge on any atom is -0.478 e. The largest absolute Gasteiger partial charge is 0.478 e. The van der Waals surface area contributed by atoms with Crippen LogP contribution in [-0.2, 0) is 19.9 Å². The van der Waals surface area contributed by atoms with Crippen molar-refractivity contribution in [2.24, 2.45) is 0 Å².